The number of carbonyl (C=O) groups excluding carboxylic acids is 1. The molecule has 1 aromatic rings. The van der Waals surface area contributed by atoms with Crippen LogP contribution in [-0.2, 0) is 16.1 Å². The summed E-state index contributed by atoms with van der Waals surface area (Å²) < 4.78 is 5.09. The van der Waals surface area contributed by atoms with E-state index in [1.807, 2.05) is 13.8 Å². The quantitative estimate of drug-likeness (QED) is 0.625. The van der Waals surface area contributed by atoms with Gasteiger partial charge in [-0.05, 0) is 39.3 Å². The molecule has 2 rings (SSSR count). The minimum absolute atomic E-state index is 0.154. The lowest BCUT2D eigenvalue weighted by Crippen LogP contribution is -2.37. The van der Waals surface area contributed by atoms with Crippen LogP contribution in [0.15, 0.2) is 6.07 Å². The highest BCUT2D eigenvalue weighted by molar-refractivity contribution is 6.29. The summed E-state index contributed by atoms with van der Waals surface area (Å²) in [7, 11) is 0. The molecule has 1 saturated heterocycles. The summed E-state index contributed by atoms with van der Waals surface area (Å²) in [5.41, 5.74) is 0.835. The van der Waals surface area contributed by atoms with E-state index in [4.69, 9.17) is 16.3 Å². The van der Waals surface area contributed by atoms with Gasteiger partial charge in [0.05, 0.1) is 13.2 Å². The van der Waals surface area contributed by atoms with E-state index < -0.39 is 0 Å². The van der Waals surface area contributed by atoms with Crippen LogP contribution >= 0.6 is 11.6 Å². The van der Waals surface area contributed by atoms with Gasteiger partial charge >= 0.3 is 5.97 Å². The van der Waals surface area contributed by atoms with Crippen molar-refractivity contribution in [3.05, 3.63) is 22.7 Å². The molecule has 0 bridgehead atoms. The van der Waals surface area contributed by atoms with Crippen molar-refractivity contribution in [1.29, 1.82) is 0 Å². The lowest BCUT2D eigenvalue weighted by atomic mass is 10.2. The smallest absolute Gasteiger partial charge is 0.323 e. The fourth-order valence-electron chi connectivity index (χ4n) is 2.36. The number of aryl methyl sites for hydroxylation is 1. The monoisotopic (exact) mass is 283 g/mol. The molecule has 19 heavy (non-hydrogen) atoms. The molecule has 0 amide bonds. The number of aromatic nitrogens is 2. The molecule has 1 aromatic heterocycles. The standard InChI is InChI=1S/C13H18ClN3O2/c1-3-19-13(18)10-5-4-6-17(10)8-12-15-9(2)7-11(14)16-12/h7,10H,3-6,8H2,1-2H3. The first-order chi connectivity index (χ1) is 9.10. The summed E-state index contributed by atoms with van der Waals surface area (Å²) in [6, 6.07) is 1.54. The Balaban J connectivity index is 2.06. The van der Waals surface area contributed by atoms with Gasteiger partial charge in [0.25, 0.3) is 0 Å². The molecule has 1 fully saturated rings. The van der Waals surface area contributed by atoms with E-state index in [9.17, 15) is 4.79 Å². The van der Waals surface area contributed by atoms with Crippen molar-refractivity contribution in [2.45, 2.75) is 39.3 Å². The zero-order chi connectivity index (χ0) is 13.8. The van der Waals surface area contributed by atoms with E-state index >= 15 is 0 Å². The number of hydrogen-bond acceptors (Lipinski definition) is 5. The van der Waals surface area contributed by atoms with Crippen molar-refractivity contribution in [2.24, 2.45) is 0 Å². The Bertz CT molecular complexity index is 447. The molecule has 0 aromatic carbocycles. The predicted molar refractivity (Wildman–Crippen MR) is 71.8 cm³/mol. The van der Waals surface area contributed by atoms with Gasteiger partial charge in [0.15, 0.2) is 0 Å². The van der Waals surface area contributed by atoms with Crippen molar-refractivity contribution >= 4 is 17.6 Å². The maximum Gasteiger partial charge on any atom is 0.323 e. The Morgan fingerprint density at radius 2 is 2.37 bits per heavy atom. The van der Waals surface area contributed by atoms with E-state index in [0.29, 0.717) is 24.1 Å². The number of rotatable bonds is 4. The lowest BCUT2D eigenvalue weighted by Gasteiger charge is -2.21. The van der Waals surface area contributed by atoms with E-state index in [1.165, 1.54) is 0 Å². The third kappa shape index (κ3) is 3.64. The Morgan fingerprint density at radius 1 is 1.58 bits per heavy atom. The minimum atomic E-state index is -0.178. The molecule has 0 radical (unpaired) electrons. The Labute approximate surface area is 117 Å². The van der Waals surface area contributed by atoms with Gasteiger partial charge in [-0.3, -0.25) is 9.69 Å². The van der Waals surface area contributed by atoms with Gasteiger partial charge in [0.1, 0.15) is 17.0 Å². The number of halogens is 1. The van der Waals surface area contributed by atoms with Crippen LogP contribution in [0.3, 0.4) is 0 Å². The van der Waals surface area contributed by atoms with Crippen LogP contribution in [0.5, 0.6) is 0 Å². The predicted octanol–water partition coefficient (Wildman–Crippen LogP) is 1.97. The van der Waals surface area contributed by atoms with Crippen LogP contribution in [0.4, 0.5) is 0 Å². The summed E-state index contributed by atoms with van der Waals surface area (Å²) in [5, 5.41) is 0.439. The average Bonchev–Trinajstić information content (AvgIpc) is 2.76. The lowest BCUT2D eigenvalue weighted by molar-refractivity contribution is -0.148. The van der Waals surface area contributed by atoms with Crippen molar-refractivity contribution in [1.82, 2.24) is 14.9 Å². The Kier molecular flexibility index (Phi) is 4.71. The van der Waals surface area contributed by atoms with Gasteiger partial charge in [0.2, 0.25) is 0 Å². The molecule has 5 nitrogen and oxygen atoms in total. The van der Waals surface area contributed by atoms with Crippen LogP contribution in [0.25, 0.3) is 0 Å². The van der Waals surface area contributed by atoms with E-state index in [2.05, 4.69) is 14.9 Å². The fraction of sp³-hybridized carbons (Fsp3) is 0.615. The van der Waals surface area contributed by atoms with Crippen molar-refractivity contribution in [3.8, 4) is 0 Å². The zero-order valence-corrected chi connectivity index (χ0v) is 12.0. The Hall–Kier alpha value is -1.20. The van der Waals surface area contributed by atoms with E-state index in [-0.39, 0.29) is 12.0 Å². The second kappa shape index (κ2) is 6.30. The van der Waals surface area contributed by atoms with Crippen LogP contribution in [0.2, 0.25) is 5.15 Å². The topological polar surface area (TPSA) is 55.3 Å². The minimum Gasteiger partial charge on any atom is -0.465 e. The molecule has 0 aliphatic carbocycles. The molecular weight excluding hydrogens is 266 g/mol. The average molecular weight is 284 g/mol. The molecule has 0 spiro atoms. The van der Waals surface area contributed by atoms with Crippen molar-refractivity contribution in [3.63, 3.8) is 0 Å². The molecule has 104 valence electrons. The number of ether oxygens (including phenoxy) is 1. The normalized spacial score (nSPS) is 19.6. The molecule has 1 atom stereocenters. The van der Waals surface area contributed by atoms with Crippen LogP contribution in [-0.4, -0.2) is 40.0 Å². The van der Waals surface area contributed by atoms with Gasteiger partial charge < -0.3 is 4.74 Å². The third-order valence-electron chi connectivity index (χ3n) is 3.14. The summed E-state index contributed by atoms with van der Waals surface area (Å²) in [4.78, 5) is 22.5. The number of likely N-dealkylation sites (tertiary alicyclic amines) is 1. The molecule has 1 aliphatic rings. The van der Waals surface area contributed by atoms with Gasteiger partial charge in [0, 0.05) is 5.69 Å². The number of carbonyl (C=O) groups is 1. The molecule has 0 N–H and O–H groups in total. The highest BCUT2D eigenvalue weighted by atomic mass is 35.5. The molecular formula is C13H18ClN3O2. The van der Waals surface area contributed by atoms with Gasteiger partial charge in [-0.15, -0.1) is 0 Å². The highest BCUT2D eigenvalue weighted by Gasteiger charge is 2.32. The van der Waals surface area contributed by atoms with Gasteiger partial charge in [-0.1, -0.05) is 11.6 Å². The number of esters is 1. The summed E-state index contributed by atoms with van der Waals surface area (Å²) >= 11 is 5.92. The third-order valence-corrected chi connectivity index (χ3v) is 3.33. The van der Waals surface area contributed by atoms with Crippen LogP contribution in [0.1, 0.15) is 31.3 Å². The molecule has 0 saturated carbocycles. The van der Waals surface area contributed by atoms with Crippen LogP contribution < -0.4 is 0 Å². The van der Waals surface area contributed by atoms with Gasteiger partial charge in [-0.2, -0.15) is 0 Å². The highest BCUT2D eigenvalue weighted by Crippen LogP contribution is 2.20. The summed E-state index contributed by atoms with van der Waals surface area (Å²) in [6.45, 7) is 5.50. The van der Waals surface area contributed by atoms with Crippen molar-refractivity contribution in [2.75, 3.05) is 13.2 Å². The zero-order valence-electron chi connectivity index (χ0n) is 11.2. The number of hydrogen-bond donors (Lipinski definition) is 0. The Morgan fingerprint density at radius 3 is 3.05 bits per heavy atom. The van der Waals surface area contributed by atoms with E-state index in [1.54, 1.807) is 6.07 Å². The largest absolute Gasteiger partial charge is 0.465 e. The van der Waals surface area contributed by atoms with Crippen LogP contribution in [0, 0.1) is 6.92 Å². The van der Waals surface area contributed by atoms with Crippen molar-refractivity contribution < 1.29 is 9.53 Å². The van der Waals surface area contributed by atoms with Gasteiger partial charge in [-0.25, -0.2) is 9.97 Å². The fourth-order valence-corrected chi connectivity index (χ4v) is 2.62. The maximum atomic E-state index is 11.8. The second-order valence-electron chi connectivity index (χ2n) is 4.63. The first-order valence-corrected chi connectivity index (χ1v) is 6.88. The second-order valence-corrected chi connectivity index (χ2v) is 5.02. The number of nitrogens with zero attached hydrogens (tertiary/aromatic N) is 3. The molecule has 6 heteroatoms. The summed E-state index contributed by atoms with van der Waals surface area (Å²) in [5.74, 6) is 0.500. The first-order valence-electron chi connectivity index (χ1n) is 6.51. The SMILES string of the molecule is CCOC(=O)C1CCCN1Cc1nc(C)cc(Cl)n1. The first kappa shape index (κ1) is 14.2. The molecule has 2 heterocycles. The summed E-state index contributed by atoms with van der Waals surface area (Å²) in [6.07, 6.45) is 1.82. The molecule has 1 unspecified atom stereocenters. The van der Waals surface area contributed by atoms with E-state index in [0.717, 1.165) is 25.1 Å². The maximum absolute atomic E-state index is 11.8. The molecule has 1 aliphatic heterocycles.